The van der Waals surface area contributed by atoms with Gasteiger partial charge >= 0.3 is 6.29 Å². The van der Waals surface area contributed by atoms with E-state index in [1.807, 2.05) is 0 Å². The van der Waals surface area contributed by atoms with Crippen LogP contribution < -0.4 is 9.47 Å². The number of halogens is 2. The number of alkyl halides is 2. The summed E-state index contributed by atoms with van der Waals surface area (Å²) >= 11 is 0. The molecule has 16 heavy (non-hydrogen) atoms. The Morgan fingerprint density at radius 1 is 1.38 bits per heavy atom. The van der Waals surface area contributed by atoms with Crippen LogP contribution in [0.1, 0.15) is 10.4 Å². The smallest absolute Gasteiger partial charge is 0.395 e. The first-order chi connectivity index (χ1) is 7.44. The molecule has 2 rings (SSSR count). The second kappa shape index (κ2) is 3.12. The van der Waals surface area contributed by atoms with Gasteiger partial charge in [-0.3, -0.25) is 14.9 Å². The van der Waals surface area contributed by atoms with E-state index in [1.54, 1.807) is 0 Å². The van der Waals surface area contributed by atoms with Crippen molar-refractivity contribution in [1.29, 1.82) is 0 Å². The molecule has 0 radical (unpaired) electrons. The summed E-state index contributed by atoms with van der Waals surface area (Å²) in [6.07, 6.45) is -3.84. The van der Waals surface area contributed by atoms with Crippen molar-refractivity contribution >= 4 is 12.0 Å². The molecule has 0 aromatic heterocycles. The normalized spacial score (nSPS) is 15.9. The summed E-state index contributed by atoms with van der Waals surface area (Å²) in [7, 11) is 0. The minimum atomic E-state index is -3.91. The van der Waals surface area contributed by atoms with E-state index in [0.717, 1.165) is 12.1 Å². The van der Waals surface area contributed by atoms with E-state index in [0.29, 0.717) is 0 Å². The molecule has 0 atom stereocenters. The van der Waals surface area contributed by atoms with Crippen molar-refractivity contribution in [3.63, 3.8) is 0 Å². The standard InChI is InChI=1S/C8H3F2NO5/c9-8(10)15-6-2-1-5(11(13)14)4(3-12)7(6)16-8/h1-3H. The molecule has 0 amide bonds. The summed E-state index contributed by atoms with van der Waals surface area (Å²) in [6.45, 7) is 0. The number of aldehydes is 1. The Hall–Kier alpha value is -2.25. The van der Waals surface area contributed by atoms with Gasteiger partial charge in [0, 0.05) is 6.07 Å². The van der Waals surface area contributed by atoms with Crippen LogP contribution in [0.4, 0.5) is 14.5 Å². The molecule has 84 valence electrons. The van der Waals surface area contributed by atoms with Gasteiger partial charge in [0.1, 0.15) is 5.56 Å². The molecule has 0 saturated carbocycles. The Morgan fingerprint density at radius 3 is 2.62 bits per heavy atom. The predicted molar refractivity (Wildman–Crippen MR) is 44.7 cm³/mol. The molecule has 0 spiro atoms. The maximum absolute atomic E-state index is 12.7. The Balaban J connectivity index is 2.61. The molecule has 0 saturated heterocycles. The first-order valence-electron chi connectivity index (χ1n) is 3.97. The van der Waals surface area contributed by atoms with E-state index in [4.69, 9.17) is 0 Å². The molecule has 8 heteroatoms. The van der Waals surface area contributed by atoms with Crippen LogP contribution in [-0.4, -0.2) is 17.5 Å². The fourth-order valence-electron chi connectivity index (χ4n) is 1.30. The number of nitro benzene ring substituents is 1. The number of hydrogen-bond donors (Lipinski definition) is 0. The van der Waals surface area contributed by atoms with Gasteiger partial charge in [-0.2, -0.15) is 0 Å². The van der Waals surface area contributed by atoms with E-state index in [2.05, 4.69) is 9.47 Å². The Labute approximate surface area is 86.5 Å². The summed E-state index contributed by atoms with van der Waals surface area (Å²) in [6, 6.07) is 1.84. The lowest BCUT2D eigenvalue weighted by molar-refractivity contribution is -0.385. The summed E-state index contributed by atoms with van der Waals surface area (Å²) in [4.78, 5) is 20.3. The number of nitro groups is 1. The van der Waals surface area contributed by atoms with Crippen LogP contribution in [-0.2, 0) is 0 Å². The Kier molecular flexibility index (Phi) is 2.00. The van der Waals surface area contributed by atoms with Gasteiger partial charge in [0.25, 0.3) is 5.69 Å². The van der Waals surface area contributed by atoms with Crippen LogP contribution in [0.5, 0.6) is 11.5 Å². The Morgan fingerprint density at radius 2 is 2.06 bits per heavy atom. The molecule has 1 aliphatic rings. The molecule has 6 nitrogen and oxygen atoms in total. The van der Waals surface area contributed by atoms with Gasteiger partial charge in [0.05, 0.1) is 4.92 Å². The number of rotatable bonds is 2. The topological polar surface area (TPSA) is 78.7 Å². The molecule has 0 bridgehead atoms. The zero-order chi connectivity index (χ0) is 11.9. The lowest BCUT2D eigenvalue weighted by Crippen LogP contribution is -2.26. The second-order valence-electron chi connectivity index (χ2n) is 2.87. The lowest BCUT2D eigenvalue weighted by Gasteiger charge is -2.04. The van der Waals surface area contributed by atoms with Gasteiger partial charge in [0.15, 0.2) is 17.8 Å². The zero-order valence-electron chi connectivity index (χ0n) is 7.48. The van der Waals surface area contributed by atoms with E-state index in [1.165, 1.54) is 0 Å². The predicted octanol–water partition coefficient (Wildman–Crippen LogP) is 1.73. The highest BCUT2D eigenvalue weighted by atomic mass is 19.3. The average molecular weight is 231 g/mol. The molecular weight excluding hydrogens is 228 g/mol. The van der Waals surface area contributed by atoms with E-state index < -0.39 is 34.0 Å². The number of hydrogen-bond acceptors (Lipinski definition) is 5. The fraction of sp³-hybridized carbons (Fsp3) is 0.125. The van der Waals surface area contributed by atoms with Crippen LogP contribution >= 0.6 is 0 Å². The molecule has 0 aliphatic carbocycles. The highest BCUT2D eigenvalue weighted by Crippen LogP contribution is 2.45. The van der Waals surface area contributed by atoms with Crippen LogP contribution in [0.2, 0.25) is 0 Å². The number of fused-ring (bicyclic) bond motifs is 1. The largest absolute Gasteiger partial charge is 0.586 e. The average Bonchev–Trinajstić information content (AvgIpc) is 2.49. The first-order valence-corrected chi connectivity index (χ1v) is 3.97. The third-order valence-electron chi connectivity index (χ3n) is 1.90. The summed E-state index contributed by atoms with van der Waals surface area (Å²) in [5.41, 5.74) is -1.19. The third-order valence-corrected chi connectivity index (χ3v) is 1.90. The molecule has 0 unspecified atom stereocenters. The van der Waals surface area contributed by atoms with Crippen LogP contribution in [0, 0.1) is 10.1 Å². The number of benzene rings is 1. The zero-order valence-corrected chi connectivity index (χ0v) is 7.48. The lowest BCUT2D eigenvalue weighted by atomic mass is 10.1. The van der Waals surface area contributed by atoms with Gasteiger partial charge < -0.3 is 9.47 Å². The molecule has 1 aliphatic heterocycles. The van der Waals surface area contributed by atoms with Gasteiger partial charge in [-0.05, 0) is 6.07 Å². The van der Waals surface area contributed by atoms with Gasteiger partial charge in [-0.25, -0.2) is 0 Å². The Bertz CT molecular complexity index is 488. The highest BCUT2D eigenvalue weighted by Gasteiger charge is 2.46. The summed E-state index contributed by atoms with van der Waals surface area (Å²) in [5.74, 6) is -1.02. The molecular formula is C8H3F2NO5. The minimum Gasteiger partial charge on any atom is -0.395 e. The van der Waals surface area contributed by atoms with Crippen LogP contribution in [0.25, 0.3) is 0 Å². The number of carbonyl (C=O) groups excluding carboxylic acids is 1. The van der Waals surface area contributed by atoms with E-state index in [-0.39, 0.29) is 6.29 Å². The quantitative estimate of drug-likeness (QED) is 0.440. The molecule has 1 aromatic carbocycles. The van der Waals surface area contributed by atoms with Gasteiger partial charge in [0.2, 0.25) is 0 Å². The van der Waals surface area contributed by atoms with Gasteiger partial charge in [-0.1, -0.05) is 0 Å². The molecule has 1 heterocycles. The number of carbonyl (C=O) groups is 1. The second-order valence-corrected chi connectivity index (χ2v) is 2.87. The fourth-order valence-corrected chi connectivity index (χ4v) is 1.30. The van der Waals surface area contributed by atoms with E-state index in [9.17, 15) is 23.7 Å². The summed E-state index contributed by atoms with van der Waals surface area (Å²) in [5, 5.41) is 10.5. The van der Waals surface area contributed by atoms with Crippen molar-refractivity contribution in [3.8, 4) is 11.5 Å². The SMILES string of the molecule is O=Cc1c([N+](=O)[O-])ccc2c1OC(F)(F)O2. The highest BCUT2D eigenvalue weighted by molar-refractivity contribution is 5.87. The van der Waals surface area contributed by atoms with Crippen molar-refractivity contribution < 1.29 is 28.0 Å². The van der Waals surface area contributed by atoms with Crippen molar-refractivity contribution in [2.24, 2.45) is 0 Å². The number of nitrogens with zero attached hydrogens (tertiary/aromatic N) is 1. The molecule has 0 fully saturated rings. The minimum absolute atomic E-state index is 0.0712. The molecule has 1 aromatic rings. The van der Waals surface area contributed by atoms with Crippen LogP contribution in [0.3, 0.4) is 0 Å². The summed E-state index contributed by atoms with van der Waals surface area (Å²) < 4.78 is 33.4. The maximum atomic E-state index is 12.7. The number of ether oxygens (including phenoxy) is 2. The first kappa shape index (κ1) is 10.3. The third kappa shape index (κ3) is 1.44. The molecule has 0 N–H and O–H groups in total. The van der Waals surface area contributed by atoms with Crippen LogP contribution in [0.15, 0.2) is 12.1 Å². The van der Waals surface area contributed by atoms with Gasteiger partial charge in [-0.15, -0.1) is 8.78 Å². The van der Waals surface area contributed by atoms with Crippen molar-refractivity contribution in [3.05, 3.63) is 27.8 Å². The monoisotopic (exact) mass is 231 g/mol. The van der Waals surface area contributed by atoms with E-state index >= 15 is 0 Å². The van der Waals surface area contributed by atoms with Crippen molar-refractivity contribution in [1.82, 2.24) is 0 Å². The van der Waals surface area contributed by atoms with Crippen molar-refractivity contribution in [2.45, 2.75) is 6.29 Å². The van der Waals surface area contributed by atoms with Crippen molar-refractivity contribution in [2.75, 3.05) is 0 Å². The maximum Gasteiger partial charge on any atom is 0.586 e.